The highest BCUT2D eigenvalue weighted by atomic mass is 16.5. The van der Waals surface area contributed by atoms with Gasteiger partial charge in [-0.3, -0.25) is 0 Å². The average Bonchev–Trinajstić information content (AvgIpc) is 2.85. The minimum absolute atomic E-state index is 0.130. The number of hydrogen-bond acceptors (Lipinski definition) is 6. The van der Waals surface area contributed by atoms with Crippen molar-refractivity contribution >= 4 is 17.5 Å². The molecule has 0 atom stereocenters. The number of nitrogens with one attached hydrogen (secondary N) is 1. The maximum Gasteiger partial charge on any atom is 0.322 e. The summed E-state index contributed by atoms with van der Waals surface area (Å²) in [7, 11) is 1.64. The zero-order chi connectivity index (χ0) is 22.3. The number of carbonyl (C=O) groups is 1. The van der Waals surface area contributed by atoms with Gasteiger partial charge >= 0.3 is 6.03 Å². The maximum atomic E-state index is 12.7. The van der Waals surface area contributed by atoms with Gasteiger partial charge in [-0.15, -0.1) is 10.2 Å². The summed E-state index contributed by atoms with van der Waals surface area (Å²) in [4.78, 5) is 16.7. The van der Waals surface area contributed by atoms with Gasteiger partial charge in [-0.1, -0.05) is 24.3 Å². The topological polar surface area (TPSA) is 79.8 Å². The number of anilines is 2. The number of rotatable bonds is 6. The summed E-state index contributed by atoms with van der Waals surface area (Å²) in [5.74, 6) is 2.23. The molecule has 3 aromatic rings. The maximum absolute atomic E-state index is 12.7. The zero-order valence-electron chi connectivity index (χ0n) is 18.3. The highest BCUT2D eigenvalue weighted by Crippen LogP contribution is 2.28. The van der Waals surface area contributed by atoms with Gasteiger partial charge in [0.05, 0.1) is 25.1 Å². The van der Waals surface area contributed by atoms with E-state index in [9.17, 15) is 4.79 Å². The van der Waals surface area contributed by atoms with E-state index in [-0.39, 0.29) is 6.03 Å². The smallest absolute Gasteiger partial charge is 0.322 e. The molecule has 1 aliphatic heterocycles. The lowest BCUT2D eigenvalue weighted by molar-refractivity contribution is 0.208. The number of hydrogen-bond donors (Lipinski definition) is 1. The molecule has 0 unspecified atom stereocenters. The predicted octanol–water partition coefficient (Wildman–Crippen LogP) is 3.91. The Bertz CT molecular complexity index is 1050. The quantitative estimate of drug-likeness (QED) is 0.635. The van der Waals surface area contributed by atoms with Crippen molar-refractivity contribution in [2.24, 2.45) is 0 Å². The number of carbonyl (C=O) groups excluding carboxylic acids is 1. The fourth-order valence-electron chi connectivity index (χ4n) is 3.68. The van der Waals surface area contributed by atoms with Gasteiger partial charge in [0.2, 0.25) is 0 Å². The number of benzene rings is 2. The van der Waals surface area contributed by atoms with Crippen LogP contribution < -0.4 is 19.7 Å². The van der Waals surface area contributed by atoms with Gasteiger partial charge in [0.15, 0.2) is 5.82 Å². The van der Waals surface area contributed by atoms with Crippen LogP contribution >= 0.6 is 0 Å². The van der Waals surface area contributed by atoms with Crippen LogP contribution in [0.15, 0.2) is 60.7 Å². The third kappa shape index (κ3) is 4.74. The van der Waals surface area contributed by atoms with Gasteiger partial charge in [-0.25, -0.2) is 4.79 Å². The van der Waals surface area contributed by atoms with Crippen LogP contribution in [-0.2, 0) is 0 Å². The van der Waals surface area contributed by atoms with Crippen molar-refractivity contribution in [3.63, 3.8) is 0 Å². The van der Waals surface area contributed by atoms with E-state index in [2.05, 4.69) is 20.4 Å². The van der Waals surface area contributed by atoms with Crippen molar-refractivity contribution in [2.45, 2.75) is 6.92 Å². The first-order valence-electron chi connectivity index (χ1n) is 10.7. The number of urea groups is 1. The summed E-state index contributed by atoms with van der Waals surface area (Å²) in [6.45, 7) is 5.02. The molecule has 1 N–H and O–H groups in total. The Morgan fingerprint density at radius 3 is 2.34 bits per heavy atom. The van der Waals surface area contributed by atoms with Crippen LogP contribution in [0.5, 0.6) is 11.5 Å². The molecular formula is C24H27N5O3. The van der Waals surface area contributed by atoms with Gasteiger partial charge in [-0.05, 0) is 43.3 Å². The van der Waals surface area contributed by atoms with E-state index >= 15 is 0 Å². The van der Waals surface area contributed by atoms with E-state index in [1.54, 1.807) is 12.0 Å². The summed E-state index contributed by atoms with van der Waals surface area (Å²) in [5.41, 5.74) is 2.35. The number of nitrogens with zero attached hydrogens (tertiary/aromatic N) is 4. The molecular weight excluding hydrogens is 406 g/mol. The van der Waals surface area contributed by atoms with E-state index in [0.29, 0.717) is 44.2 Å². The second kappa shape index (κ2) is 10.00. The van der Waals surface area contributed by atoms with Crippen molar-refractivity contribution in [3.8, 4) is 22.8 Å². The molecule has 0 bridgehead atoms. The molecule has 2 amide bonds. The number of aromatic nitrogens is 2. The Labute approximate surface area is 187 Å². The van der Waals surface area contributed by atoms with Gasteiger partial charge < -0.3 is 24.6 Å². The van der Waals surface area contributed by atoms with Gasteiger partial charge in [0.1, 0.15) is 11.5 Å². The number of ether oxygens (including phenoxy) is 2. The number of para-hydroxylation sites is 3. The van der Waals surface area contributed by atoms with Crippen LogP contribution in [0, 0.1) is 0 Å². The monoisotopic (exact) mass is 433 g/mol. The molecule has 0 saturated carbocycles. The van der Waals surface area contributed by atoms with Gasteiger partial charge in [0, 0.05) is 31.7 Å². The number of amides is 2. The summed E-state index contributed by atoms with van der Waals surface area (Å²) < 4.78 is 11.0. The summed E-state index contributed by atoms with van der Waals surface area (Å²) in [5, 5.41) is 11.8. The van der Waals surface area contributed by atoms with Crippen LogP contribution in [0.25, 0.3) is 11.3 Å². The molecule has 1 fully saturated rings. The second-order valence-electron chi connectivity index (χ2n) is 7.31. The van der Waals surface area contributed by atoms with Crippen LogP contribution in [0.4, 0.5) is 16.3 Å². The Morgan fingerprint density at radius 2 is 1.66 bits per heavy atom. The van der Waals surface area contributed by atoms with Crippen molar-refractivity contribution < 1.29 is 14.3 Å². The molecule has 8 nitrogen and oxygen atoms in total. The van der Waals surface area contributed by atoms with Crippen LogP contribution in [0.1, 0.15) is 6.92 Å². The molecule has 32 heavy (non-hydrogen) atoms. The summed E-state index contributed by atoms with van der Waals surface area (Å²) in [6, 6.07) is 19.0. The van der Waals surface area contributed by atoms with E-state index in [0.717, 1.165) is 22.8 Å². The molecule has 1 aliphatic rings. The Hall–Kier alpha value is -3.81. The largest absolute Gasteiger partial charge is 0.496 e. The first kappa shape index (κ1) is 21.4. The van der Waals surface area contributed by atoms with Crippen LogP contribution in [0.3, 0.4) is 0 Å². The zero-order valence-corrected chi connectivity index (χ0v) is 18.3. The molecule has 8 heteroatoms. The lowest BCUT2D eigenvalue weighted by Crippen LogP contribution is -2.50. The fraction of sp³-hybridized carbons (Fsp3) is 0.292. The van der Waals surface area contributed by atoms with Gasteiger partial charge in [-0.2, -0.15) is 0 Å². The normalized spacial score (nSPS) is 13.6. The van der Waals surface area contributed by atoms with Crippen molar-refractivity contribution in [3.05, 3.63) is 60.7 Å². The van der Waals surface area contributed by atoms with E-state index in [1.165, 1.54) is 0 Å². The highest BCUT2D eigenvalue weighted by Gasteiger charge is 2.23. The number of piperazine rings is 1. The van der Waals surface area contributed by atoms with E-state index < -0.39 is 0 Å². The third-order valence-electron chi connectivity index (χ3n) is 5.35. The van der Waals surface area contributed by atoms with Crippen LogP contribution in [-0.4, -0.2) is 61.0 Å². The first-order valence-corrected chi connectivity index (χ1v) is 10.7. The van der Waals surface area contributed by atoms with Crippen molar-refractivity contribution in [1.82, 2.24) is 15.1 Å². The lowest BCUT2D eigenvalue weighted by atomic mass is 10.1. The molecule has 2 aromatic carbocycles. The molecule has 0 spiro atoms. The second-order valence-corrected chi connectivity index (χ2v) is 7.31. The Morgan fingerprint density at radius 1 is 0.938 bits per heavy atom. The lowest BCUT2D eigenvalue weighted by Gasteiger charge is -2.35. The Balaban J connectivity index is 1.36. The summed E-state index contributed by atoms with van der Waals surface area (Å²) in [6.07, 6.45) is 0. The molecule has 2 heterocycles. The Kier molecular flexibility index (Phi) is 6.69. The third-order valence-corrected chi connectivity index (χ3v) is 5.35. The standard InChI is InChI=1S/C24H27N5O3/c1-3-32-22-11-7-5-9-20(22)25-24(30)29-16-14-28(15-17-29)23-13-12-19(26-27-23)18-8-4-6-10-21(18)31-2/h4-13H,3,14-17H2,1-2H3,(H,25,30). The fourth-order valence-corrected chi connectivity index (χ4v) is 3.68. The predicted molar refractivity (Wildman–Crippen MR) is 124 cm³/mol. The SMILES string of the molecule is CCOc1ccccc1NC(=O)N1CCN(c2ccc(-c3ccccc3OC)nn2)CC1. The van der Waals surface area contributed by atoms with Crippen molar-refractivity contribution in [2.75, 3.05) is 50.1 Å². The first-order chi connectivity index (χ1) is 15.7. The van der Waals surface area contributed by atoms with E-state index in [1.807, 2.05) is 67.6 Å². The molecule has 1 aromatic heterocycles. The molecule has 166 valence electrons. The molecule has 0 radical (unpaired) electrons. The average molecular weight is 434 g/mol. The summed E-state index contributed by atoms with van der Waals surface area (Å²) >= 11 is 0. The molecule has 0 aliphatic carbocycles. The molecule has 1 saturated heterocycles. The van der Waals surface area contributed by atoms with E-state index in [4.69, 9.17) is 9.47 Å². The minimum Gasteiger partial charge on any atom is -0.496 e. The van der Waals surface area contributed by atoms with Gasteiger partial charge in [0.25, 0.3) is 0 Å². The van der Waals surface area contributed by atoms with Crippen LogP contribution in [0.2, 0.25) is 0 Å². The van der Waals surface area contributed by atoms with Crippen molar-refractivity contribution in [1.29, 1.82) is 0 Å². The minimum atomic E-state index is -0.130. The number of methoxy groups -OCH3 is 1. The molecule has 4 rings (SSSR count). The highest BCUT2D eigenvalue weighted by molar-refractivity contribution is 5.91.